The fraction of sp³-hybridized carbons (Fsp3) is 0.222. The van der Waals surface area contributed by atoms with Gasteiger partial charge in [0.05, 0.1) is 7.05 Å². The zero-order valence-corrected chi connectivity index (χ0v) is 14.3. The summed E-state index contributed by atoms with van der Waals surface area (Å²) in [6.45, 7) is 0.864. The highest BCUT2D eigenvalue weighted by molar-refractivity contribution is 5.94. The molecule has 0 aliphatic heterocycles. The molecule has 0 bridgehead atoms. The summed E-state index contributed by atoms with van der Waals surface area (Å²) in [5, 5.41) is 12.0. The van der Waals surface area contributed by atoms with Gasteiger partial charge in [-0.05, 0) is 34.9 Å². The smallest absolute Gasteiger partial charge is 0.270 e. The molecule has 0 atom stereocenters. The molecule has 0 aliphatic carbocycles. The van der Waals surface area contributed by atoms with Gasteiger partial charge < -0.3 is 5.73 Å². The first-order valence-electron chi connectivity index (χ1n) is 7.88. The number of aromatic nitrogens is 4. The van der Waals surface area contributed by atoms with E-state index in [0.717, 1.165) is 18.1 Å². The Labute approximate surface area is 148 Å². The summed E-state index contributed by atoms with van der Waals surface area (Å²) in [6, 6.07) is 11.1. The molecule has 0 saturated heterocycles. The summed E-state index contributed by atoms with van der Waals surface area (Å²) in [6.07, 6.45) is 0.461. The minimum absolute atomic E-state index is 0.0406. The van der Waals surface area contributed by atoms with Gasteiger partial charge >= 0.3 is 0 Å². The highest BCUT2D eigenvalue weighted by Crippen LogP contribution is 2.28. The fourth-order valence-electron chi connectivity index (χ4n) is 2.62. The molecule has 1 aromatic heterocycles. The topological polar surface area (TPSA) is 86.7 Å². The maximum atomic E-state index is 13.4. The number of hydrogen-bond donors (Lipinski definition) is 1. The van der Waals surface area contributed by atoms with Crippen LogP contribution in [0.1, 0.15) is 34.0 Å². The van der Waals surface area contributed by atoms with E-state index in [0.29, 0.717) is 23.4 Å². The molecule has 0 radical (unpaired) electrons. The molecule has 1 heterocycles. The molecule has 8 heteroatoms. The van der Waals surface area contributed by atoms with Crippen LogP contribution in [0, 0.1) is 0 Å². The van der Waals surface area contributed by atoms with Gasteiger partial charge in [0, 0.05) is 23.6 Å². The number of primary amides is 1. The highest BCUT2D eigenvalue weighted by atomic mass is 19.3. The number of amides is 1. The van der Waals surface area contributed by atoms with E-state index in [-0.39, 0.29) is 5.56 Å². The summed E-state index contributed by atoms with van der Waals surface area (Å²) in [5.41, 5.74) is 7.94. The number of nitrogens with two attached hydrogens (primary N) is 1. The van der Waals surface area contributed by atoms with Gasteiger partial charge in [-0.2, -0.15) is 4.80 Å². The highest BCUT2D eigenvalue weighted by Gasteiger charge is 2.23. The largest absolute Gasteiger partial charge is 0.366 e. The van der Waals surface area contributed by atoms with Crippen LogP contribution < -0.4 is 5.73 Å². The van der Waals surface area contributed by atoms with Crippen molar-refractivity contribution in [1.29, 1.82) is 0 Å². The van der Waals surface area contributed by atoms with Crippen LogP contribution in [-0.4, -0.2) is 26.1 Å². The van der Waals surface area contributed by atoms with E-state index >= 15 is 0 Å². The standard InChI is InChI=1S/C18H17F2N5O/c1-18(19,20)14-7-3-11(4-8-14)9-12-5-6-13(16(21)26)10-15(12)17-22-24-25(2)23-17/h3-8,10H,9H2,1-2H3,(H2,21,26). The lowest BCUT2D eigenvalue weighted by molar-refractivity contribution is 0.0174. The van der Waals surface area contributed by atoms with Crippen LogP contribution in [0.25, 0.3) is 11.4 Å². The van der Waals surface area contributed by atoms with Gasteiger partial charge in [-0.25, -0.2) is 8.78 Å². The molecule has 2 N–H and O–H groups in total. The van der Waals surface area contributed by atoms with E-state index in [1.54, 1.807) is 37.4 Å². The second kappa shape index (κ2) is 6.62. The van der Waals surface area contributed by atoms with Crippen LogP contribution in [0.2, 0.25) is 0 Å². The summed E-state index contributed by atoms with van der Waals surface area (Å²) >= 11 is 0. The molecule has 26 heavy (non-hydrogen) atoms. The molecular formula is C18H17F2N5O. The van der Waals surface area contributed by atoms with Crippen molar-refractivity contribution in [2.75, 3.05) is 0 Å². The number of halogens is 2. The Morgan fingerprint density at radius 1 is 1.19 bits per heavy atom. The van der Waals surface area contributed by atoms with Crippen LogP contribution in [-0.2, 0) is 19.4 Å². The second-order valence-corrected chi connectivity index (χ2v) is 6.10. The third kappa shape index (κ3) is 3.74. The molecule has 6 nitrogen and oxygen atoms in total. The number of carbonyl (C=O) groups is 1. The molecule has 2 aromatic carbocycles. The molecule has 3 rings (SSSR count). The van der Waals surface area contributed by atoms with Gasteiger partial charge in [0.15, 0.2) is 0 Å². The fourth-order valence-corrected chi connectivity index (χ4v) is 2.62. The first-order valence-corrected chi connectivity index (χ1v) is 7.88. The Morgan fingerprint density at radius 2 is 1.88 bits per heavy atom. The number of rotatable bonds is 5. The monoisotopic (exact) mass is 357 g/mol. The van der Waals surface area contributed by atoms with E-state index in [1.165, 1.54) is 16.9 Å². The van der Waals surface area contributed by atoms with E-state index in [4.69, 9.17) is 5.73 Å². The molecule has 0 spiro atoms. The Bertz CT molecular complexity index is 945. The van der Waals surface area contributed by atoms with Gasteiger partial charge in [0.2, 0.25) is 11.7 Å². The Hall–Kier alpha value is -3.16. The summed E-state index contributed by atoms with van der Waals surface area (Å²) in [4.78, 5) is 12.8. The average molecular weight is 357 g/mol. The number of carbonyl (C=O) groups excluding carboxylic acids is 1. The van der Waals surface area contributed by atoms with Crippen molar-refractivity contribution in [2.45, 2.75) is 19.3 Å². The third-order valence-electron chi connectivity index (χ3n) is 4.00. The van der Waals surface area contributed by atoms with Crippen LogP contribution in [0.4, 0.5) is 8.78 Å². The van der Waals surface area contributed by atoms with Crippen molar-refractivity contribution < 1.29 is 13.6 Å². The van der Waals surface area contributed by atoms with Crippen LogP contribution in [0.3, 0.4) is 0 Å². The zero-order chi connectivity index (χ0) is 18.9. The lowest BCUT2D eigenvalue weighted by Gasteiger charge is -2.12. The lowest BCUT2D eigenvalue weighted by Crippen LogP contribution is -2.11. The van der Waals surface area contributed by atoms with Crippen molar-refractivity contribution in [1.82, 2.24) is 20.2 Å². The van der Waals surface area contributed by atoms with E-state index in [2.05, 4.69) is 15.4 Å². The second-order valence-electron chi connectivity index (χ2n) is 6.10. The van der Waals surface area contributed by atoms with E-state index in [1.807, 2.05) is 0 Å². The van der Waals surface area contributed by atoms with Gasteiger partial charge in [-0.15, -0.1) is 10.2 Å². The molecule has 3 aromatic rings. The van der Waals surface area contributed by atoms with Crippen LogP contribution in [0.15, 0.2) is 42.5 Å². The quantitative estimate of drug-likeness (QED) is 0.761. The maximum absolute atomic E-state index is 13.4. The van der Waals surface area contributed by atoms with Crippen molar-refractivity contribution in [3.8, 4) is 11.4 Å². The van der Waals surface area contributed by atoms with Gasteiger partial charge in [0.1, 0.15) is 0 Å². The first-order chi connectivity index (χ1) is 12.2. The normalized spacial score (nSPS) is 11.5. The molecule has 0 saturated carbocycles. The molecule has 134 valence electrons. The molecule has 1 amide bonds. The maximum Gasteiger partial charge on any atom is 0.270 e. The number of alkyl halides is 2. The number of aryl methyl sites for hydroxylation is 1. The minimum atomic E-state index is -2.88. The number of hydrogen-bond acceptors (Lipinski definition) is 4. The average Bonchev–Trinajstić information content (AvgIpc) is 3.01. The van der Waals surface area contributed by atoms with E-state index < -0.39 is 11.8 Å². The summed E-state index contributed by atoms with van der Waals surface area (Å²) in [7, 11) is 1.64. The Kier molecular flexibility index (Phi) is 4.50. The molecule has 0 fully saturated rings. The number of nitrogens with zero attached hydrogens (tertiary/aromatic N) is 4. The van der Waals surface area contributed by atoms with Crippen molar-refractivity contribution >= 4 is 5.91 Å². The Balaban J connectivity index is 1.98. The van der Waals surface area contributed by atoms with Crippen LogP contribution in [0.5, 0.6) is 0 Å². The van der Waals surface area contributed by atoms with Crippen molar-refractivity contribution in [3.63, 3.8) is 0 Å². The first kappa shape index (κ1) is 17.7. The summed E-state index contributed by atoms with van der Waals surface area (Å²) in [5.74, 6) is -3.07. The molecule has 0 aliphatic rings. The zero-order valence-electron chi connectivity index (χ0n) is 14.3. The summed E-state index contributed by atoms with van der Waals surface area (Å²) < 4.78 is 26.7. The van der Waals surface area contributed by atoms with E-state index in [9.17, 15) is 13.6 Å². The Morgan fingerprint density at radius 3 is 2.42 bits per heavy atom. The van der Waals surface area contributed by atoms with Crippen molar-refractivity contribution in [3.05, 3.63) is 64.7 Å². The number of benzene rings is 2. The molecule has 0 unspecified atom stereocenters. The lowest BCUT2D eigenvalue weighted by atomic mass is 9.96. The van der Waals surface area contributed by atoms with Crippen molar-refractivity contribution in [2.24, 2.45) is 12.8 Å². The van der Waals surface area contributed by atoms with Gasteiger partial charge in [-0.1, -0.05) is 30.3 Å². The number of tetrazole rings is 1. The third-order valence-corrected chi connectivity index (χ3v) is 4.00. The predicted octanol–water partition coefficient (Wildman–Crippen LogP) is 2.68. The van der Waals surface area contributed by atoms with Gasteiger partial charge in [-0.3, -0.25) is 4.79 Å². The molecular weight excluding hydrogens is 340 g/mol. The van der Waals surface area contributed by atoms with Gasteiger partial charge in [0.25, 0.3) is 5.92 Å². The predicted molar refractivity (Wildman–Crippen MR) is 91.6 cm³/mol. The van der Waals surface area contributed by atoms with Crippen LogP contribution >= 0.6 is 0 Å². The SMILES string of the molecule is Cn1nnc(-c2cc(C(N)=O)ccc2Cc2ccc(C(C)(F)F)cc2)n1. The minimum Gasteiger partial charge on any atom is -0.366 e.